The Bertz CT molecular complexity index is 339. The summed E-state index contributed by atoms with van der Waals surface area (Å²) in [5.41, 5.74) is -0.183. The maximum atomic E-state index is 11.3. The van der Waals surface area contributed by atoms with Crippen LogP contribution >= 0.6 is 34.2 Å². The molecule has 12 heavy (non-hydrogen) atoms. The fourth-order valence-electron chi connectivity index (χ4n) is 0.675. The molecule has 0 radical (unpaired) electrons. The monoisotopic (exact) mass is 300 g/mol. The summed E-state index contributed by atoms with van der Waals surface area (Å²) >= 11 is 7.46. The summed E-state index contributed by atoms with van der Waals surface area (Å²) in [6.45, 7) is 0.193. The van der Waals surface area contributed by atoms with Gasteiger partial charge in [0.25, 0.3) is 5.56 Å². The zero-order valence-electron chi connectivity index (χ0n) is 6.25. The van der Waals surface area contributed by atoms with Crippen molar-refractivity contribution in [3.05, 3.63) is 25.4 Å². The van der Waals surface area contributed by atoms with Crippen molar-refractivity contribution in [3.63, 3.8) is 0 Å². The molecule has 1 aromatic rings. The van der Waals surface area contributed by atoms with Crippen molar-refractivity contribution in [1.29, 1.82) is 0 Å². The molecule has 0 aliphatic rings. The average molecular weight is 300 g/mol. The summed E-state index contributed by atoms with van der Waals surface area (Å²) in [6, 6.07) is 0. The van der Waals surface area contributed by atoms with Gasteiger partial charge >= 0.3 is 0 Å². The van der Waals surface area contributed by atoms with Gasteiger partial charge in [-0.25, -0.2) is 4.98 Å². The van der Waals surface area contributed by atoms with Gasteiger partial charge in [0.1, 0.15) is 21.8 Å². The molecule has 1 aromatic heterocycles. The lowest BCUT2D eigenvalue weighted by Gasteiger charge is -2.03. The molecule has 0 bridgehead atoms. The van der Waals surface area contributed by atoms with Crippen LogP contribution in [-0.2, 0) is 11.5 Å². The molecule has 0 atom stereocenters. The molecular weight excluding hydrogens is 294 g/mol. The average Bonchev–Trinajstić information content (AvgIpc) is 2.07. The summed E-state index contributed by atoms with van der Waals surface area (Å²) in [5, 5.41) is 0.230. The van der Waals surface area contributed by atoms with E-state index in [9.17, 15) is 4.79 Å². The van der Waals surface area contributed by atoms with Crippen LogP contribution in [0.2, 0.25) is 5.15 Å². The van der Waals surface area contributed by atoms with Crippen LogP contribution in [0.5, 0.6) is 0 Å². The van der Waals surface area contributed by atoms with E-state index >= 15 is 0 Å². The lowest BCUT2D eigenvalue weighted by Crippen LogP contribution is -2.23. The Kier molecular flexibility index (Phi) is 3.48. The second-order valence-corrected chi connectivity index (χ2v) is 3.48. The lowest BCUT2D eigenvalue weighted by atomic mass is 10.6. The van der Waals surface area contributed by atoms with E-state index in [1.807, 2.05) is 22.6 Å². The molecule has 0 N–H and O–H groups in total. The Morgan fingerprint density at radius 3 is 3.08 bits per heavy atom. The van der Waals surface area contributed by atoms with Gasteiger partial charge in [-0.3, -0.25) is 9.36 Å². The third-order valence-corrected chi connectivity index (χ3v) is 2.79. The smallest absolute Gasteiger partial charge is 0.270 e. The molecule has 0 saturated carbocycles. The molecule has 1 heterocycles. The summed E-state index contributed by atoms with van der Waals surface area (Å²) in [7, 11) is 1.51. The van der Waals surface area contributed by atoms with E-state index in [1.54, 1.807) is 0 Å². The maximum absolute atomic E-state index is 11.3. The predicted octanol–water partition coefficient (Wildman–Crippen LogP) is 1.11. The standard InChI is InChI=1S/C6H6ClIN2O2/c1-12-3-10-2-9-5(7)4(8)6(10)11/h2H,3H2,1H3. The van der Waals surface area contributed by atoms with Gasteiger partial charge in [-0.1, -0.05) is 11.6 Å². The van der Waals surface area contributed by atoms with Crippen molar-refractivity contribution < 1.29 is 4.74 Å². The molecular formula is C6H6ClIN2O2. The van der Waals surface area contributed by atoms with E-state index in [0.717, 1.165) is 0 Å². The van der Waals surface area contributed by atoms with E-state index in [2.05, 4.69) is 4.98 Å². The highest BCUT2D eigenvalue weighted by atomic mass is 127. The first-order valence-electron chi connectivity index (χ1n) is 3.06. The van der Waals surface area contributed by atoms with Gasteiger partial charge in [-0.15, -0.1) is 0 Å². The molecule has 1 rings (SSSR count). The van der Waals surface area contributed by atoms with Crippen LogP contribution in [0.1, 0.15) is 0 Å². The summed E-state index contributed by atoms with van der Waals surface area (Å²) < 4.78 is 6.53. The van der Waals surface area contributed by atoms with Crippen molar-refractivity contribution in [2.24, 2.45) is 0 Å². The number of aromatic nitrogens is 2. The first-order chi connectivity index (χ1) is 5.66. The Balaban J connectivity index is 3.18. The maximum Gasteiger partial charge on any atom is 0.270 e. The normalized spacial score (nSPS) is 10.2. The molecule has 66 valence electrons. The summed E-state index contributed by atoms with van der Waals surface area (Å²) in [6.07, 6.45) is 1.36. The van der Waals surface area contributed by atoms with Crippen LogP contribution < -0.4 is 5.56 Å². The minimum absolute atomic E-state index is 0.183. The molecule has 0 saturated heterocycles. The number of nitrogens with zero attached hydrogens (tertiary/aromatic N) is 2. The van der Waals surface area contributed by atoms with Gasteiger partial charge in [0.15, 0.2) is 0 Å². The molecule has 0 aliphatic carbocycles. The van der Waals surface area contributed by atoms with Gasteiger partial charge in [0.2, 0.25) is 0 Å². The molecule has 0 amide bonds. The third-order valence-electron chi connectivity index (χ3n) is 1.21. The molecule has 0 fully saturated rings. The second-order valence-electron chi connectivity index (χ2n) is 2.04. The number of rotatable bonds is 2. The van der Waals surface area contributed by atoms with Crippen LogP contribution in [0, 0.1) is 3.57 Å². The molecule has 0 unspecified atom stereocenters. The zero-order chi connectivity index (χ0) is 9.14. The summed E-state index contributed by atoms with van der Waals surface area (Å²) in [5.74, 6) is 0. The van der Waals surface area contributed by atoms with Crippen molar-refractivity contribution in [2.45, 2.75) is 6.73 Å². The Morgan fingerprint density at radius 1 is 1.83 bits per heavy atom. The number of methoxy groups -OCH3 is 1. The Morgan fingerprint density at radius 2 is 2.50 bits per heavy atom. The van der Waals surface area contributed by atoms with Crippen LogP contribution in [0.15, 0.2) is 11.1 Å². The first kappa shape index (κ1) is 9.94. The molecule has 0 aliphatic heterocycles. The van der Waals surface area contributed by atoms with E-state index in [-0.39, 0.29) is 17.4 Å². The number of halogens is 2. The Labute approximate surface area is 87.7 Å². The van der Waals surface area contributed by atoms with Gasteiger partial charge in [-0.2, -0.15) is 0 Å². The number of hydrogen-bond donors (Lipinski definition) is 0. The highest BCUT2D eigenvalue weighted by Gasteiger charge is 2.05. The van der Waals surface area contributed by atoms with E-state index in [1.165, 1.54) is 18.0 Å². The van der Waals surface area contributed by atoms with Crippen molar-refractivity contribution in [1.82, 2.24) is 9.55 Å². The van der Waals surface area contributed by atoms with Gasteiger partial charge in [-0.05, 0) is 22.6 Å². The van der Waals surface area contributed by atoms with Crippen LogP contribution in [-0.4, -0.2) is 16.7 Å². The van der Waals surface area contributed by atoms with E-state index in [0.29, 0.717) is 3.57 Å². The highest BCUT2D eigenvalue weighted by molar-refractivity contribution is 14.1. The fourth-order valence-corrected chi connectivity index (χ4v) is 1.25. The summed E-state index contributed by atoms with van der Waals surface area (Å²) in [4.78, 5) is 15.1. The number of hydrogen-bond acceptors (Lipinski definition) is 3. The van der Waals surface area contributed by atoms with Gasteiger partial charge in [0, 0.05) is 7.11 Å². The molecule has 0 spiro atoms. The van der Waals surface area contributed by atoms with Gasteiger partial charge < -0.3 is 4.74 Å². The number of ether oxygens (including phenoxy) is 1. The largest absolute Gasteiger partial charge is 0.364 e. The SMILES string of the molecule is COCn1cnc(Cl)c(I)c1=O. The van der Waals surface area contributed by atoms with Crippen molar-refractivity contribution in [2.75, 3.05) is 7.11 Å². The fraction of sp³-hybridized carbons (Fsp3) is 0.333. The van der Waals surface area contributed by atoms with Crippen LogP contribution in [0.3, 0.4) is 0 Å². The Hall–Kier alpha value is -0.140. The quantitative estimate of drug-likeness (QED) is 0.607. The minimum atomic E-state index is -0.183. The zero-order valence-corrected chi connectivity index (χ0v) is 9.16. The highest BCUT2D eigenvalue weighted by Crippen LogP contribution is 2.08. The molecule has 6 heteroatoms. The van der Waals surface area contributed by atoms with Crippen LogP contribution in [0.25, 0.3) is 0 Å². The first-order valence-corrected chi connectivity index (χ1v) is 4.52. The second kappa shape index (κ2) is 4.20. The predicted molar refractivity (Wildman–Crippen MR) is 53.2 cm³/mol. The van der Waals surface area contributed by atoms with E-state index < -0.39 is 0 Å². The lowest BCUT2D eigenvalue weighted by molar-refractivity contribution is 0.127. The van der Waals surface area contributed by atoms with Gasteiger partial charge in [0.05, 0.1) is 0 Å². The topological polar surface area (TPSA) is 44.1 Å². The van der Waals surface area contributed by atoms with E-state index in [4.69, 9.17) is 16.3 Å². The third kappa shape index (κ3) is 1.96. The van der Waals surface area contributed by atoms with Crippen molar-refractivity contribution in [3.8, 4) is 0 Å². The van der Waals surface area contributed by atoms with Crippen molar-refractivity contribution >= 4 is 34.2 Å². The molecule has 0 aromatic carbocycles. The minimum Gasteiger partial charge on any atom is -0.364 e. The molecule has 4 nitrogen and oxygen atoms in total. The van der Waals surface area contributed by atoms with Crippen LogP contribution in [0.4, 0.5) is 0 Å².